The Kier molecular flexibility index (Phi) is 7.23. The molecule has 1 aliphatic heterocycles. The monoisotopic (exact) mass is 529 g/mol. The fraction of sp³-hybridized carbons (Fsp3) is 0.552. The van der Waals surface area contributed by atoms with Gasteiger partial charge in [0.05, 0.1) is 11.6 Å². The van der Waals surface area contributed by atoms with Crippen LogP contribution in [0.25, 0.3) is 0 Å². The van der Waals surface area contributed by atoms with Crippen LogP contribution < -0.4 is 9.47 Å². The normalized spacial score (nSPS) is 21.1. The number of hydrogen-bond acceptors (Lipinski definition) is 6. The molecule has 7 nitrogen and oxygen atoms in total. The lowest BCUT2D eigenvalue weighted by Gasteiger charge is -2.49. The molecule has 0 saturated carbocycles. The molecule has 2 aliphatic carbocycles. The first-order valence-electron chi connectivity index (χ1n) is 12.9. The van der Waals surface area contributed by atoms with Crippen molar-refractivity contribution in [2.45, 2.75) is 73.1 Å². The Morgan fingerprint density at radius 2 is 1.51 bits per heavy atom. The largest absolute Gasteiger partial charge is 0.490 e. The van der Waals surface area contributed by atoms with Gasteiger partial charge in [-0.3, -0.25) is 9.59 Å². The number of carboxylic acid groups (broad SMARTS) is 1. The Morgan fingerprint density at radius 1 is 0.973 bits per heavy atom. The summed E-state index contributed by atoms with van der Waals surface area (Å²) < 4.78 is 11.2. The van der Waals surface area contributed by atoms with E-state index in [-0.39, 0.29) is 33.2 Å². The molecule has 37 heavy (non-hydrogen) atoms. The van der Waals surface area contributed by atoms with Crippen LogP contribution in [-0.4, -0.2) is 47.3 Å². The summed E-state index contributed by atoms with van der Waals surface area (Å²) in [6.45, 7) is 12.7. The first-order chi connectivity index (χ1) is 17.3. The SMILES string of the molecule is CCOc1cc(C2C3=C(CC(C)(C)CC3=O)N(CC)C3=C2C(=O)CC(C)(C)C3)cc(Cl)c1OCC(=O)O. The molecule has 0 amide bonds. The van der Waals surface area contributed by atoms with Gasteiger partial charge in [0.25, 0.3) is 0 Å². The van der Waals surface area contributed by atoms with Crippen molar-refractivity contribution in [3.63, 3.8) is 0 Å². The number of benzene rings is 1. The number of nitrogens with zero attached hydrogens (tertiary/aromatic N) is 1. The van der Waals surface area contributed by atoms with Crippen molar-refractivity contribution in [3.05, 3.63) is 45.3 Å². The Bertz CT molecular complexity index is 1170. The molecule has 0 bridgehead atoms. The number of aliphatic carboxylic acids is 1. The number of hydrogen-bond donors (Lipinski definition) is 1. The van der Waals surface area contributed by atoms with E-state index in [9.17, 15) is 14.4 Å². The second-order valence-corrected chi connectivity index (χ2v) is 12.1. The summed E-state index contributed by atoms with van der Waals surface area (Å²) in [5.41, 5.74) is 3.58. The summed E-state index contributed by atoms with van der Waals surface area (Å²) in [4.78, 5) is 40.9. The summed E-state index contributed by atoms with van der Waals surface area (Å²) >= 11 is 6.63. The zero-order valence-electron chi connectivity index (χ0n) is 22.5. The van der Waals surface area contributed by atoms with E-state index in [1.807, 2.05) is 6.92 Å². The third-order valence-electron chi connectivity index (χ3n) is 7.34. The highest BCUT2D eigenvalue weighted by atomic mass is 35.5. The zero-order valence-corrected chi connectivity index (χ0v) is 23.3. The van der Waals surface area contributed by atoms with Gasteiger partial charge < -0.3 is 19.5 Å². The Morgan fingerprint density at radius 3 is 1.97 bits per heavy atom. The molecule has 200 valence electrons. The summed E-state index contributed by atoms with van der Waals surface area (Å²) in [6, 6.07) is 3.43. The number of carbonyl (C=O) groups excluding carboxylic acids is 2. The Balaban J connectivity index is 1.97. The molecule has 0 aromatic heterocycles. The minimum Gasteiger partial charge on any atom is -0.490 e. The van der Waals surface area contributed by atoms with Gasteiger partial charge >= 0.3 is 5.97 Å². The molecule has 1 aromatic carbocycles. The van der Waals surface area contributed by atoms with Gasteiger partial charge in [0.15, 0.2) is 29.7 Å². The molecular weight excluding hydrogens is 494 g/mol. The first-order valence-corrected chi connectivity index (χ1v) is 13.3. The number of halogens is 1. The molecule has 1 N–H and O–H groups in total. The molecule has 3 aliphatic rings. The predicted molar refractivity (Wildman–Crippen MR) is 141 cm³/mol. The van der Waals surface area contributed by atoms with Crippen molar-refractivity contribution >= 4 is 29.1 Å². The number of allylic oxidation sites excluding steroid dienone is 4. The van der Waals surface area contributed by atoms with Crippen LogP contribution in [0, 0.1) is 10.8 Å². The summed E-state index contributed by atoms with van der Waals surface area (Å²) in [7, 11) is 0. The maximum Gasteiger partial charge on any atom is 0.341 e. The van der Waals surface area contributed by atoms with E-state index < -0.39 is 18.5 Å². The second-order valence-electron chi connectivity index (χ2n) is 11.7. The standard InChI is InChI=1S/C29H36ClNO6/c1-7-31-18-11-28(3,4)13-20(32)25(18)24(26-19(31)12-29(5,6)14-21(26)33)16-9-17(30)27(37-15-23(34)35)22(10-16)36-8-2/h9-10,24H,7-8,11-15H2,1-6H3,(H,34,35). The van der Waals surface area contributed by atoms with Crippen LogP contribution in [0.5, 0.6) is 11.5 Å². The topological polar surface area (TPSA) is 93.1 Å². The van der Waals surface area contributed by atoms with Gasteiger partial charge in [-0.25, -0.2) is 4.79 Å². The van der Waals surface area contributed by atoms with Crippen LogP contribution in [0.3, 0.4) is 0 Å². The van der Waals surface area contributed by atoms with Crippen molar-refractivity contribution in [1.82, 2.24) is 4.90 Å². The number of ether oxygens (including phenoxy) is 2. The minimum atomic E-state index is -1.13. The summed E-state index contributed by atoms with van der Waals surface area (Å²) in [6.07, 6.45) is 2.26. The van der Waals surface area contributed by atoms with Gasteiger partial charge in [-0.15, -0.1) is 0 Å². The number of ketones is 2. The van der Waals surface area contributed by atoms with E-state index in [1.54, 1.807) is 12.1 Å². The highest BCUT2D eigenvalue weighted by molar-refractivity contribution is 6.32. The van der Waals surface area contributed by atoms with Gasteiger partial charge in [-0.1, -0.05) is 39.3 Å². The molecule has 0 saturated heterocycles. The van der Waals surface area contributed by atoms with E-state index in [0.29, 0.717) is 48.5 Å². The van der Waals surface area contributed by atoms with E-state index in [4.69, 9.17) is 26.2 Å². The molecule has 8 heteroatoms. The quantitative estimate of drug-likeness (QED) is 0.469. The summed E-state index contributed by atoms with van der Waals surface area (Å²) in [5.74, 6) is -1.19. The maximum atomic E-state index is 13.8. The fourth-order valence-corrected chi connectivity index (χ4v) is 6.33. The van der Waals surface area contributed by atoms with Crippen molar-refractivity contribution in [1.29, 1.82) is 0 Å². The molecular formula is C29H36ClNO6. The number of carbonyl (C=O) groups is 3. The highest BCUT2D eigenvalue weighted by Gasteiger charge is 2.48. The first kappa shape index (κ1) is 27.2. The van der Waals surface area contributed by atoms with Crippen LogP contribution in [0.15, 0.2) is 34.7 Å². The van der Waals surface area contributed by atoms with Crippen LogP contribution >= 0.6 is 11.6 Å². The third kappa shape index (κ3) is 5.15. The Labute approximate surface area is 223 Å². The van der Waals surface area contributed by atoms with E-state index in [0.717, 1.165) is 24.2 Å². The van der Waals surface area contributed by atoms with Crippen LogP contribution in [0.1, 0.15) is 78.7 Å². The van der Waals surface area contributed by atoms with Crippen LogP contribution in [-0.2, 0) is 14.4 Å². The maximum absolute atomic E-state index is 13.8. The van der Waals surface area contributed by atoms with Crippen molar-refractivity contribution < 1.29 is 29.0 Å². The van der Waals surface area contributed by atoms with Crippen molar-refractivity contribution in [3.8, 4) is 11.5 Å². The van der Waals surface area contributed by atoms with Crippen molar-refractivity contribution in [2.75, 3.05) is 19.8 Å². The molecule has 0 radical (unpaired) electrons. The smallest absolute Gasteiger partial charge is 0.341 e. The number of rotatable bonds is 7. The van der Waals surface area contributed by atoms with Crippen molar-refractivity contribution in [2.24, 2.45) is 10.8 Å². The van der Waals surface area contributed by atoms with Crippen LogP contribution in [0.4, 0.5) is 0 Å². The third-order valence-corrected chi connectivity index (χ3v) is 7.62. The number of carboxylic acids is 1. The average Bonchev–Trinajstić information content (AvgIpc) is 2.75. The zero-order chi connectivity index (χ0) is 27.3. The predicted octanol–water partition coefficient (Wildman–Crippen LogP) is 5.91. The van der Waals surface area contributed by atoms with Gasteiger partial charge in [-0.2, -0.15) is 0 Å². The lowest BCUT2D eigenvalue weighted by atomic mass is 9.63. The molecule has 0 spiro atoms. The molecule has 1 aromatic rings. The summed E-state index contributed by atoms with van der Waals surface area (Å²) in [5, 5.41) is 9.27. The van der Waals surface area contributed by atoms with Gasteiger partial charge in [0, 0.05) is 47.8 Å². The Hall–Kier alpha value is -2.80. The van der Waals surface area contributed by atoms with Crippen LogP contribution in [0.2, 0.25) is 5.02 Å². The lowest BCUT2D eigenvalue weighted by Crippen LogP contribution is -2.44. The average molecular weight is 530 g/mol. The molecule has 1 heterocycles. The van der Waals surface area contributed by atoms with Gasteiger partial charge in [0.2, 0.25) is 0 Å². The number of Topliss-reactive ketones (excluding diaryl/α,β-unsaturated/α-hetero) is 2. The van der Waals surface area contributed by atoms with Gasteiger partial charge in [0.1, 0.15) is 0 Å². The van der Waals surface area contributed by atoms with E-state index in [1.165, 1.54) is 0 Å². The minimum absolute atomic E-state index is 0.0409. The molecule has 4 rings (SSSR count). The highest BCUT2D eigenvalue weighted by Crippen LogP contribution is 2.55. The van der Waals surface area contributed by atoms with E-state index in [2.05, 4.69) is 39.5 Å². The van der Waals surface area contributed by atoms with Gasteiger partial charge in [-0.05, 0) is 55.2 Å². The molecule has 0 fully saturated rings. The van der Waals surface area contributed by atoms with E-state index >= 15 is 0 Å². The second kappa shape index (κ2) is 9.82. The molecule has 0 atom stereocenters. The lowest BCUT2D eigenvalue weighted by molar-refractivity contribution is -0.139. The molecule has 0 unspecified atom stereocenters. The fourth-order valence-electron chi connectivity index (χ4n) is 6.05.